The van der Waals surface area contributed by atoms with Gasteiger partial charge in [0.2, 0.25) is 0 Å². The van der Waals surface area contributed by atoms with Gasteiger partial charge in [0.15, 0.2) is 0 Å². The second-order valence-electron chi connectivity index (χ2n) is 5.24. The number of halogens is 3. The van der Waals surface area contributed by atoms with E-state index in [9.17, 15) is 17.2 Å². The van der Waals surface area contributed by atoms with E-state index in [2.05, 4.69) is 15.0 Å². The van der Waals surface area contributed by atoms with Gasteiger partial charge < -0.3 is 5.32 Å². The van der Waals surface area contributed by atoms with Crippen molar-refractivity contribution in [3.8, 4) is 0 Å². The second-order valence-corrected chi connectivity index (χ2v) is 7.36. The van der Waals surface area contributed by atoms with Crippen molar-refractivity contribution in [2.75, 3.05) is 10.0 Å². The second kappa shape index (κ2) is 7.27. The molecule has 0 atom stereocenters. The number of sulfonamides is 1. The zero-order valence-corrected chi connectivity index (χ0v) is 14.7. The molecule has 0 amide bonds. The third-order valence-electron chi connectivity index (χ3n) is 3.32. The first-order chi connectivity index (χ1) is 12.3. The summed E-state index contributed by atoms with van der Waals surface area (Å²) in [4.78, 5) is 4.02. The Labute approximate surface area is 153 Å². The molecule has 3 rings (SSSR count). The molecule has 0 aliphatic carbocycles. The molecule has 26 heavy (non-hydrogen) atoms. The monoisotopic (exact) mass is 395 g/mol. The third-order valence-corrected chi connectivity index (χ3v) is 4.93. The van der Waals surface area contributed by atoms with Gasteiger partial charge in [-0.25, -0.2) is 22.2 Å². The highest BCUT2D eigenvalue weighted by Gasteiger charge is 2.14. The van der Waals surface area contributed by atoms with Crippen LogP contribution in [0.5, 0.6) is 0 Å². The van der Waals surface area contributed by atoms with E-state index >= 15 is 0 Å². The molecular weight excluding hydrogens is 384 g/mol. The van der Waals surface area contributed by atoms with Crippen LogP contribution in [0.2, 0.25) is 5.02 Å². The Hall–Kier alpha value is -2.71. The summed E-state index contributed by atoms with van der Waals surface area (Å²) in [7, 11) is -3.82. The first kappa shape index (κ1) is 18.1. The van der Waals surface area contributed by atoms with Gasteiger partial charge in [0, 0.05) is 11.1 Å². The van der Waals surface area contributed by atoms with Crippen molar-refractivity contribution in [1.82, 2.24) is 4.98 Å². The molecule has 9 heteroatoms. The fourth-order valence-corrected chi connectivity index (χ4v) is 3.45. The van der Waals surface area contributed by atoms with E-state index in [1.807, 2.05) is 0 Å². The first-order valence-electron chi connectivity index (χ1n) is 7.30. The Kier molecular flexibility index (Phi) is 5.06. The quantitative estimate of drug-likeness (QED) is 0.664. The lowest BCUT2D eigenvalue weighted by Gasteiger charge is -2.10. The fraction of sp³-hybridized carbons (Fsp3) is 0. The van der Waals surface area contributed by atoms with Crippen LogP contribution >= 0.6 is 11.6 Å². The normalized spacial score (nSPS) is 11.2. The molecule has 0 saturated carbocycles. The van der Waals surface area contributed by atoms with Gasteiger partial charge in [-0.2, -0.15) is 0 Å². The van der Waals surface area contributed by atoms with Crippen molar-refractivity contribution in [3.63, 3.8) is 0 Å². The van der Waals surface area contributed by atoms with Crippen LogP contribution in [0.25, 0.3) is 0 Å². The third kappa shape index (κ3) is 4.27. The summed E-state index contributed by atoms with van der Waals surface area (Å²) in [6.45, 7) is 0. The summed E-state index contributed by atoms with van der Waals surface area (Å²) in [5, 5.41) is 2.98. The van der Waals surface area contributed by atoms with Gasteiger partial charge in [-0.3, -0.25) is 4.72 Å². The number of nitrogens with one attached hydrogen (secondary N) is 2. The molecule has 2 aromatic carbocycles. The Bertz CT molecular complexity index is 1040. The van der Waals surface area contributed by atoms with Crippen molar-refractivity contribution < 1.29 is 17.2 Å². The highest BCUT2D eigenvalue weighted by molar-refractivity contribution is 7.92. The van der Waals surface area contributed by atoms with Crippen molar-refractivity contribution in [3.05, 3.63) is 77.5 Å². The molecule has 0 saturated heterocycles. The van der Waals surface area contributed by atoms with Crippen LogP contribution in [-0.4, -0.2) is 13.4 Å². The summed E-state index contributed by atoms with van der Waals surface area (Å²) >= 11 is 5.81. The molecule has 0 bridgehead atoms. The van der Waals surface area contributed by atoms with Crippen molar-refractivity contribution >= 4 is 38.8 Å². The molecule has 0 fully saturated rings. The van der Waals surface area contributed by atoms with E-state index in [4.69, 9.17) is 11.6 Å². The van der Waals surface area contributed by atoms with Crippen LogP contribution in [0.15, 0.2) is 65.7 Å². The van der Waals surface area contributed by atoms with Crippen LogP contribution < -0.4 is 10.0 Å². The Morgan fingerprint density at radius 2 is 1.81 bits per heavy atom. The number of aromatic nitrogens is 1. The number of hydrogen-bond donors (Lipinski definition) is 2. The van der Waals surface area contributed by atoms with E-state index in [0.29, 0.717) is 5.02 Å². The fourth-order valence-electron chi connectivity index (χ4n) is 2.11. The largest absolute Gasteiger partial charge is 0.338 e. The van der Waals surface area contributed by atoms with Crippen LogP contribution in [0.1, 0.15) is 0 Å². The SMILES string of the molecule is O=S(=O)(Nc1ccc(Nc2ccc(F)cc2F)nc1)c1cccc(Cl)c1. The van der Waals surface area contributed by atoms with E-state index in [1.165, 1.54) is 42.6 Å². The molecule has 5 nitrogen and oxygen atoms in total. The molecule has 0 aliphatic rings. The minimum Gasteiger partial charge on any atom is -0.338 e. The summed E-state index contributed by atoms with van der Waals surface area (Å²) in [6.07, 6.45) is 1.27. The smallest absolute Gasteiger partial charge is 0.261 e. The van der Waals surface area contributed by atoms with E-state index in [1.54, 1.807) is 6.07 Å². The van der Waals surface area contributed by atoms with Gasteiger partial charge in [0.1, 0.15) is 17.5 Å². The summed E-state index contributed by atoms with van der Waals surface area (Å²) in [5.74, 6) is -1.19. The highest BCUT2D eigenvalue weighted by Crippen LogP contribution is 2.22. The molecular formula is C17H12ClF2N3O2S. The molecule has 0 radical (unpaired) electrons. The Morgan fingerprint density at radius 3 is 2.46 bits per heavy atom. The standard InChI is InChI=1S/C17H12ClF2N3O2S/c18-11-2-1-3-14(8-11)26(24,25)23-13-5-7-17(21-10-13)22-16-6-4-12(19)9-15(16)20/h1-10,23H,(H,21,22). The number of anilines is 3. The van der Waals surface area contributed by atoms with Gasteiger partial charge >= 0.3 is 0 Å². The predicted molar refractivity (Wildman–Crippen MR) is 96.1 cm³/mol. The number of nitrogens with zero attached hydrogens (tertiary/aromatic N) is 1. The van der Waals surface area contributed by atoms with E-state index in [0.717, 1.165) is 12.1 Å². The van der Waals surface area contributed by atoms with E-state index < -0.39 is 21.7 Å². The number of hydrogen-bond acceptors (Lipinski definition) is 4. The topological polar surface area (TPSA) is 71.1 Å². The zero-order valence-electron chi connectivity index (χ0n) is 13.1. The van der Waals surface area contributed by atoms with Gasteiger partial charge in [0.05, 0.1) is 22.5 Å². The lowest BCUT2D eigenvalue weighted by atomic mass is 10.3. The average molecular weight is 396 g/mol. The maximum Gasteiger partial charge on any atom is 0.261 e. The van der Waals surface area contributed by atoms with Crippen LogP contribution in [0.4, 0.5) is 26.0 Å². The number of pyridine rings is 1. The molecule has 2 N–H and O–H groups in total. The van der Waals surface area contributed by atoms with Gasteiger partial charge in [-0.1, -0.05) is 17.7 Å². The van der Waals surface area contributed by atoms with Gasteiger partial charge in [0.25, 0.3) is 10.0 Å². The van der Waals surface area contributed by atoms with Crippen LogP contribution in [0.3, 0.4) is 0 Å². The summed E-state index contributed by atoms with van der Waals surface area (Å²) < 4.78 is 53.5. The van der Waals surface area contributed by atoms with Crippen molar-refractivity contribution in [1.29, 1.82) is 0 Å². The predicted octanol–water partition coefficient (Wildman–Crippen LogP) is 4.56. The van der Waals surface area contributed by atoms with Crippen molar-refractivity contribution in [2.24, 2.45) is 0 Å². The lowest BCUT2D eigenvalue weighted by molar-refractivity contribution is 0.586. The van der Waals surface area contributed by atoms with Crippen molar-refractivity contribution in [2.45, 2.75) is 4.90 Å². The molecule has 0 unspecified atom stereocenters. The maximum absolute atomic E-state index is 13.6. The van der Waals surface area contributed by atoms with Gasteiger partial charge in [-0.15, -0.1) is 0 Å². The molecule has 0 aliphatic heterocycles. The molecule has 3 aromatic rings. The Balaban J connectivity index is 1.75. The molecule has 1 aromatic heterocycles. The molecule has 134 valence electrons. The molecule has 0 spiro atoms. The highest BCUT2D eigenvalue weighted by atomic mass is 35.5. The average Bonchev–Trinajstić information content (AvgIpc) is 2.59. The number of rotatable bonds is 5. The summed E-state index contributed by atoms with van der Waals surface area (Å²) in [5.41, 5.74) is 0.265. The van der Waals surface area contributed by atoms with Gasteiger partial charge in [-0.05, 0) is 42.5 Å². The minimum absolute atomic E-state index is 0.0144. The molecule has 1 heterocycles. The number of benzene rings is 2. The first-order valence-corrected chi connectivity index (χ1v) is 9.16. The summed E-state index contributed by atoms with van der Waals surface area (Å²) in [6, 6.07) is 11.8. The maximum atomic E-state index is 13.6. The minimum atomic E-state index is -3.82. The van der Waals surface area contributed by atoms with Crippen LogP contribution in [-0.2, 0) is 10.0 Å². The Morgan fingerprint density at radius 1 is 1.00 bits per heavy atom. The van der Waals surface area contributed by atoms with E-state index in [-0.39, 0.29) is 22.1 Å². The lowest BCUT2D eigenvalue weighted by Crippen LogP contribution is -2.13. The van der Waals surface area contributed by atoms with Crippen LogP contribution in [0, 0.1) is 11.6 Å². The zero-order chi connectivity index (χ0) is 18.7.